The van der Waals surface area contributed by atoms with Crippen LogP contribution in [0.1, 0.15) is 21.5 Å². The first-order valence-electron chi connectivity index (χ1n) is 6.58. The van der Waals surface area contributed by atoms with Gasteiger partial charge in [0.2, 0.25) is 0 Å². The summed E-state index contributed by atoms with van der Waals surface area (Å²) in [4.78, 5) is 12.2. The maximum atomic E-state index is 13.0. The first kappa shape index (κ1) is 12.7. The molecule has 0 aliphatic carbocycles. The summed E-state index contributed by atoms with van der Waals surface area (Å²) in [5.74, 6) is -0.545. The zero-order valence-corrected chi connectivity index (χ0v) is 11.2. The first-order chi connectivity index (χ1) is 9.63. The van der Waals surface area contributed by atoms with Crippen LogP contribution in [0.3, 0.4) is 0 Å². The fourth-order valence-electron chi connectivity index (χ4n) is 2.46. The molecule has 0 saturated heterocycles. The average Bonchev–Trinajstić information content (AvgIpc) is 2.85. The lowest BCUT2D eigenvalue weighted by Gasteiger charge is -2.09. The maximum absolute atomic E-state index is 13.0. The topological polar surface area (TPSA) is 41.1 Å². The third-order valence-corrected chi connectivity index (χ3v) is 3.51. The number of carbonyl (C=O) groups is 1. The number of hydrogen-bond acceptors (Lipinski definition) is 2. The van der Waals surface area contributed by atoms with Crippen LogP contribution in [-0.4, -0.2) is 12.5 Å². The van der Waals surface area contributed by atoms with Crippen LogP contribution < -0.4 is 10.6 Å². The molecule has 0 unspecified atom stereocenters. The van der Waals surface area contributed by atoms with Crippen molar-refractivity contribution in [3.63, 3.8) is 0 Å². The van der Waals surface area contributed by atoms with Gasteiger partial charge < -0.3 is 10.6 Å². The molecule has 1 heterocycles. The van der Waals surface area contributed by atoms with Crippen molar-refractivity contribution in [2.45, 2.75) is 13.3 Å². The second-order valence-corrected chi connectivity index (χ2v) is 4.96. The average molecular weight is 270 g/mol. The molecular weight excluding hydrogens is 255 g/mol. The molecule has 0 radical (unpaired) electrons. The van der Waals surface area contributed by atoms with Crippen molar-refractivity contribution in [3.8, 4) is 0 Å². The van der Waals surface area contributed by atoms with Crippen molar-refractivity contribution < 1.29 is 9.18 Å². The Morgan fingerprint density at radius 3 is 2.90 bits per heavy atom. The molecule has 1 amide bonds. The van der Waals surface area contributed by atoms with Gasteiger partial charge in [-0.25, -0.2) is 4.39 Å². The molecule has 0 atom stereocenters. The monoisotopic (exact) mass is 270 g/mol. The Balaban J connectivity index is 1.82. The summed E-state index contributed by atoms with van der Waals surface area (Å²) in [6.45, 7) is 2.66. The molecule has 4 heteroatoms. The van der Waals surface area contributed by atoms with Crippen molar-refractivity contribution >= 4 is 17.3 Å². The molecule has 2 aromatic rings. The predicted octanol–water partition coefficient (Wildman–Crippen LogP) is 3.35. The number of aryl methyl sites for hydroxylation is 1. The van der Waals surface area contributed by atoms with E-state index in [0.717, 1.165) is 24.3 Å². The van der Waals surface area contributed by atoms with Crippen molar-refractivity contribution in [2.24, 2.45) is 0 Å². The lowest BCUT2D eigenvalue weighted by Crippen LogP contribution is -2.13. The number of carbonyl (C=O) groups excluding carboxylic acids is 1. The summed E-state index contributed by atoms with van der Waals surface area (Å²) >= 11 is 0. The normalized spacial score (nSPS) is 12.7. The molecule has 0 bridgehead atoms. The Bertz CT molecular complexity index is 682. The van der Waals surface area contributed by atoms with Gasteiger partial charge in [0.05, 0.1) is 0 Å². The number of hydrogen-bond donors (Lipinski definition) is 2. The number of rotatable bonds is 2. The van der Waals surface area contributed by atoms with Crippen LogP contribution in [-0.2, 0) is 6.42 Å². The summed E-state index contributed by atoms with van der Waals surface area (Å²) in [6.07, 6.45) is 0.967. The summed E-state index contributed by atoms with van der Waals surface area (Å²) in [6, 6.07) is 9.99. The molecule has 3 nitrogen and oxygen atoms in total. The summed E-state index contributed by atoms with van der Waals surface area (Å²) < 4.78 is 13.0. The molecule has 0 aromatic heterocycles. The third kappa shape index (κ3) is 2.37. The van der Waals surface area contributed by atoms with Crippen molar-refractivity contribution in [2.75, 3.05) is 17.2 Å². The number of amides is 1. The molecule has 3 rings (SSSR count). The number of fused-ring (bicyclic) bond motifs is 1. The maximum Gasteiger partial charge on any atom is 0.255 e. The van der Waals surface area contributed by atoms with Gasteiger partial charge in [0.1, 0.15) is 5.82 Å². The molecule has 2 aromatic carbocycles. The van der Waals surface area contributed by atoms with E-state index in [2.05, 4.69) is 10.6 Å². The highest BCUT2D eigenvalue weighted by Crippen LogP contribution is 2.25. The molecule has 0 fully saturated rings. The zero-order chi connectivity index (χ0) is 14.1. The van der Waals surface area contributed by atoms with E-state index in [0.29, 0.717) is 11.1 Å². The largest absolute Gasteiger partial charge is 0.384 e. The second kappa shape index (κ2) is 4.96. The molecule has 102 valence electrons. The Labute approximate surface area is 116 Å². The fourth-order valence-corrected chi connectivity index (χ4v) is 2.46. The van der Waals surface area contributed by atoms with Crippen molar-refractivity contribution in [1.29, 1.82) is 0 Å². The Hall–Kier alpha value is -2.36. The van der Waals surface area contributed by atoms with Gasteiger partial charge in [0, 0.05) is 23.5 Å². The van der Waals surface area contributed by atoms with Crippen molar-refractivity contribution in [3.05, 3.63) is 58.9 Å². The van der Waals surface area contributed by atoms with Crippen LogP contribution in [0, 0.1) is 12.7 Å². The number of halogens is 1. The molecule has 0 spiro atoms. The standard InChI is InChI=1S/C16H15FN2O/c1-10-8-12(17)2-4-14(10)16(20)19-13-3-5-15-11(9-13)6-7-18-15/h2-5,8-9,18H,6-7H2,1H3,(H,19,20). The highest BCUT2D eigenvalue weighted by molar-refractivity contribution is 6.05. The third-order valence-electron chi connectivity index (χ3n) is 3.51. The molecule has 1 aliphatic heterocycles. The van der Waals surface area contributed by atoms with E-state index in [-0.39, 0.29) is 11.7 Å². The minimum Gasteiger partial charge on any atom is -0.384 e. The van der Waals surface area contributed by atoms with E-state index in [1.165, 1.54) is 23.8 Å². The Morgan fingerprint density at radius 1 is 1.25 bits per heavy atom. The van der Waals surface area contributed by atoms with Gasteiger partial charge in [0.15, 0.2) is 0 Å². The molecule has 1 aliphatic rings. The van der Waals surface area contributed by atoms with E-state index >= 15 is 0 Å². The Kier molecular flexibility index (Phi) is 3.14. The van der Waals surface area contributed by atoms with Gasteiger partial charge in [-0.3, -0.25) is 4.79 Å². The first-order valence-corrected chi connectivity index (χ1v) is 6.58. The SMILES string of the molecule is Cc1cc(F)ccc1C(=O)Nc1ccc2c(c1)CCN2. The zero-order valence-electron chi connectivity index (χ0n) is 11.2. The van der Waals surface area contributed by atoms with E-state index in [4.69, 9.17) is 0 Å². The lowest BCUT2D eigenvalue weighted by molar-refractivity contribution is 0.102. The summed E-state index contributed by atoms with van der Waals surface area (Å²) in [5.41, 5.74) is 4.22. The van der Waals surface area contributed by atoms with E-state index in [9.17, 15) is 9.18 Å². The van der Waals surface area contributed by atoms with E-state index < -0.39 is 0 Å². The Morgan fingerprint density at radius 2 is 2.10 bits per heavy atom. The molecule has 0 saturated carbocycles. The van der Waals surface area contributed by atoms with Crippen LogP contribution >= 0.6 is 0 Å². The van der Waals surface area contributed by atoms with Crippen LogP contribution in [0.2, 0.25) is 0 Å². The minimum atomic E-state index is -0.331. The van der Waals surface area contributed by atoms with Crippen molar-refractivity contribution in [1.82, 2.24) is 0 Å². The highest BCUT2D eigenvalue weighted by atomic mass is 19.1. The second-order valence-electron chi connectivity index (χ2n) is 4.96. The van der Waals surface area contributed by atoms with Gasteiger partial charge in [-0.1, -0.05) is 0 Å². The lowest BCUT2D eigenvalue weighted by atomic mass is 10.1. The van der Waals surface area contributed by atoms with E-state index in [1.54, 1.807) is 6.92 Å². The predicted molar refractivity (Wildman–Crippen MR) is 77.7 cm³/mol. The number of anilines is 2. The minimum absolute atomic E-state index is 0.214. The van der Waals surface area contributed by atoms with Crippen LogP contribution in [0.4, 0.5) is 15.8 Å². The van der Waals surface area contributed by atoms with E-state index in [1.807, 2.05) is 18.2 Å². The summed E-state index contributed by atoms with van der Waals surface area (Å²) in [5, 5.41) is 6.13. The molecule has 20 heavy (non-hydrogen) atoms. The smallest absolute Gasteiger partial charge is 0.255 e. The number of nitrogens with one attached hydrogen (secondary N) is 2. The van der Waals surface area contributed by atoms with Crippen LogP contribution in [0.15, 0.2) is 36.4 Å². The van der Waals surface area contributed by atoms with Gasteiger partial charge >= 0.3 is 0 Å². The number of benzene rings is 2. The quantitative estimate of drug-likeness (QED) is 0.878. The highest BCUT2D eigenvalue weighted by Gasteiger charge is 2.13. The van der Waals surface area contributed by atoms with Gasteiger partial charge in [-0.05, 0) is 60.9 Å². The molecular formula is C16H15FN2O. The van der Waals surface area contributed by atoms with Gasteiger partial charge in [-0.15, -0.1) is 0 Å². The van der Waals surface area contributed by atoms with Gasteiger partial charge in [0.25, 0.3) is 5.91 Å². The fraction of sp³-hybridized carbons (Fsp3) is 0.188. The van der Waals surface area contributed by atoms with Crippen LogP contribution in [0.25, 0.3) is 0 Å². The summed E-state index contributed by atoms with van der Waals surface area (Å²) in [7, 11) is 0. The van der Waals surface area contributed by atoms with Gasteiger partial charge in [-0.2, -0.15) is 0 Å². The molecule has 2 N–H and O–H groups in total. The van der Waals surface area contributed by atoms with Crippen LogP contribution in [0.5, 0.6) is 0 Å².